The summed E-state index contributed by atoms with van der Waals surface area (Å²) in [4.78, 5) is 20.9. The van der Waals surface area contributed by atoms with E-state index in [2.05, 4.69) is 5.16 Å². The topological polar surface area (TPSA) is 73.5 Å². The maximum atomic E-state index is 13.4. The van der Waals surface area contributed by atoms with Crippen molar-refractivity contribution in [3.05, 3.63) is 47.9 Å². The Kier molecular flexibility index (Phi) is 6.04. The molecule has 7 nitrogen and oxygen atoms in total. The van der Waals surface area contributed by atoms with Gasteiger partial charge in [-0.05, 0) is 86.6 Å². The second-order valence-electron chi connectivity index (χ2n) is 9.82. The molecule has 4 fully saturated rings. The first-order valence-electron chi connectivity index (χ1n) is 11.8. The van der Waals surface area contributed by atoms with Gasteiger partial charge in [0.05, 0.1) is 33.2 Å². The van der Waals surface area contributed by atoms with Crippen molar-refractivity contribution < 1.29 is 23.5 Å². The van der Waals surface area contributed by atoms with Crippen LogP contribution in [0.3, 0.4) is 0 Å². The second-order valence-corrected chi connectivity index (χ2v) is 9.82. The van der Waals surface area contributed by atoms with Crippen LogP contribution in [0.25, 0.3) is 0 Å². The quantitative estimate of drug-likeness (QED) is 0.409. The van der Waals surface area contributed by atoms with E-state index >= 15 is 0 Å². The maximum absolute atomic E-state index is 13.4. The second kappa shape index (κ2) is 9.12. The molecule has 1 aromatic carbocycles. The zero-order valence-corrected chi connectivity index (χ0v) is 19.4. The lowest BCUT2D eigenvalue weighted by molar-refractivity contribution is -0.157. The van der Waals surface area contributed by atoms with E-state index < -0.39 is 0 Å². The molecule has 0 aliphatic heterocycles. The summed E-state index contributed by atoms with van der Waals surface area (Å²) < 4.78 is 16.2. The van der Waals surface area contributed by atoms with Crippen molar-refractivity contribution in [3.63, 3.8) is 0 Å². The molecule has 6 rings (SSSR count). The minimum absolute atomic E-state index is 0.0298. The molecule has 4 saturated carbocycles. The molecule has 7 heteroatoms. The van der Waals surface area contributed by atoms with Crippen LogP contribution in [0.1, 0.15) is 49.8 Å². The largest absolute Gasteiger partial charge is 0.493 e. The first-order chi connectivity index (χ1) is 16.1. The molecule has 2 aromatic rings. The van der Waals surface area contributed by atoms with Gasteiger partial charge in [-0.15, -0.1) is 0 Å². The van der Waals surface area contributed by atoms with Crippen molar-refractivity contribution in [2.24, 2.45) is 22.9 Å². The highest BCUT2D eigenvalue weighted by Crippen LogP contribution is 2.58. The fraction of sp³-hybridized carbons (Fsp3) is 0.538. The number of carbonyl (C=O) groups excluding carboxylic acids is 1. The van der Waals surface area contributed by atoms with Gasteiger partial charge in [-0.2, -0.15) is 0 Å². The van der Waals surface area contributed by atoms with Crippen LogP contribution in [0.4, 0.5) is 0 Å². The van der Waals surface area contributed by atoms with E-state index in [1.54, 1.807) is 26.7 Å². The Labute approximate surface area is 194 Å². The summed E-state index contributed by atoms with van der Waals surface area (Å²) in [5, 5.41) is 4.05. The van der Waals surface area contributed by atoms with Crippen LogP contribution >= 0.6 is 0 Å². The van der Waals surface area contributed by atoms with Gasteiger partial charge < -0.3 is 23.6 Å². The van der Waals surface area contributed by atoms with Gasteiger partial charge in [-0.3, -0.25) is 4.79 Å². The average molecular weight is 453 g/mol. The normalized spacial score (nSPS) is 27.6. The third-order valence-corrected chi connectivity index (χ3v) is 7.65. The predicted octanol–water partition coefficient (Wildman–Crippen LogP) is 4.64. The Morgan fingerprint density at radius 3 is 2.39 bits per heavy atom. The van der Waals surface area contributed by atoms with Crippen LogP contribution in [0.15, 0.2) is 46.2 Å². The van der Waals surface area contributed by atoms with Crippen LogP contribution in [0, 0.1) is 17.8 Å². The molecule has 1 amide bonds. The lowest BCUT2D eigenvalue weighted by Crippen LogP contribution is -2.61. The molecular formula is C26H32N2O5. The van der Waals surface area contributed by atoms with E-state index in [9.17, 15) is 4.79 Å². The van der Waals surface area contributed by atoms with E-state index in [-0.39, 0.29) is 18.1 Å². The number of oxime groups is 1. The Morgan fingerprint density at radius 1 is 1.09 bits per heavy atom. The number of nitrogens with zero attached hydrogens (tertiary/aromatic N) is 2. The van der Waals surface area contributed by atoms with E-state index in [0.29, 0.717) is 18.0 Å². The van der Waals surface area contributed by atoms with E-state index in [4.69, 9.17) is 18.7 Å². The van der Waals surface area contributed by atoms with Crippen molar-refractivity contribution in [3.8, 4) is 11.5 Å². The zero-order valence-electron chi connectivity index (χ0n) is 19.4. The number of hydrogen-bond acceptors (Lipinski definition) is 6. The van der Waals surface area contributed by atoms with Crippen molar-refractivity contribution in [1.29, 1.82) is 0 Å². The molecule has 4 aliphatic carbocycles. The molecule has 1 aromatic heterocycles. The molecule has 4 aliphatic rings. The van der Waals surface area contributed by atoms with Gasteiger partial charge in [0, 0.05) is 11.1 Å². The minimum atomic E-state index is -0.0910. The third-order valence-electron chi connectivity index (χ3n) is 7.65. The lowest BCUT2D eigenvalue weighted by atomic mass is 9.52. The summed E-state index contributed by atoms with van der Waals surface area (Å²) in [6.07, 6.45) is 10.5. The maximum Gasteiger partial charge on any atom is 0.264 e. The van der Waals surface area contributed by atoms with Gasteiger partial charge in [0.15, 0.2) is 18.1 Å². The zero-order chi connectivity index (χ0) is 22.8. The van der Waals surface area contributed by atoms with Gasteiger partial charge in [0.25, 0.3) is 5.91 Å². The highest BCUT2D eigenvalue weighted by molar-refractivity contribution is 5.81. The number of amides is 1. The first kappa shape index (κ1) is 21.9. The number of methoxy groups -OCH3 is 2. The molecule has 0 saturated heterocycles. The Balaban J connectivity index is 1.28. The van der Waals surface area contributed by atoms with E-state index in [1.807, 2.05) is 35.2 Å². The van der Waals surface area contributed by atoms with Crippen LogP contribution < -0.4 is 9.47 Å². The fourth-order valence-electron chi connectivity index (χ4n) is 6.68. The molecule has 0 spiro atoms. The molecule has 0 N–H and O–H groups in total. The van der Waals surface area contributed by atoms with Crippen molar-refractivity contribution >= 4 is 12.1 Å². The number of rotatable bonds is 9. The number of furan rings is 1. The van der Waals surface area contributed by atoms with Gasteiger partial charge >= 0.3 is 0 Å². The number of hydrogen-bond donors (Lipinski definition) is 0. The average Bonchev–Trinajstić information content (AvgIpc) is 3.32. The monoisotopic (exact) mass is 452 g/mol. The Morgan fingerprint density at radius 2 is 1.79 bits per heavy atom. The van der Waals surface area contributed by atoms with Gasteiger partial charge in [-0.25, -0.2) is 0 Å². The lowest BCUT2D eigenvalue weighted by Gasteiger charge is -2.60. The number of ether oxygens (including phenoxy) is 2. The van der Waals surface area contributed by atoms with E-state index in [0.717, 1.165) is 48.3 Å². The molecule has 0 radical (unpaired) electrons. The van der Waals surface area contributed by atoms with Crippen LogP contribution in [-0.2, 0) is 16.2 Å². The molecule has 176 valence electrons. The van der Waals surface area contributed by atoms with Crippen molar-refractivity contribution in [2.45, 2.75) is 50.6 Å². The predicted molar refractivity (Wildman–Crippen MR) is 123 cm³/mol. The summed E-state index contributed by atoms with van der Waals surface area (Å²) in [5.41, 5.74) is 0.725. The van der Waals surface area contributed by atoms with Gasteiger partial charge in [-0.1, -0.05) is 5.16 Å². The smallest absolute Gasteiger partial charge is 0.264 e. The van der Waals surface area contributed by atoms with Crippen LogP contribution in [0.5, 0.6) is 11.5 Å². The number of carbonyl (C=O) groups is 1. The Bertz CT molecular complexity index is 965. The third kappa shape index (κ3) is 4.45. The minimum Gasteiger partial charge on any atom is -0.493 e. The standard InChI is InChI=1S/C26H32N2O5/c1-30-23-6-5-18(11-24(23)31-2)15-27-33-17-25(29)28(16-22-4-3-7-32-22)26-12-19-8-20(13-26)10-21(9-19)14-26/h3-7,11,15,19-21H,8-10,12-14,16-17H2,1-2H3. The summed E-state index contributed by atoms with van der Waals surface area (Å²) in [6, 6.07) is 9.29. The molecule has 0 atom stereocenters. The van der Waals surface area contributed by atoms with Gasteiger partial charge in [0.2, 0.25) is 0 Å². The molecule has 4 bridgehead atoms. The summed E-state index contributed by atoms with van der Waals surface area (Å²) in [6.45, 7) is 0.396. The molecule has 1 heterocycles. The summed E-state index contributed by atoms with van der Waals surface area (Å²) in [7, 11) is 3.19. The Hall–Kier alpha value is -2.96. The summed E-state index contributed by atoms with van der Waals surface area (Å²) >= 11 is 0. The highest BCUT2D eigenvalue weighted by atomic mass is 16.6. The van der Waals surface area contributed by atoms with Gasteiger partial charge in [0.1, 0.15) is 5.76 Å². The molecular weight excluding hydrogens is 420 g/mol. The highest BCUT2D eigenvalue weighted by Gasteiger charge is 2.54. The summed E-state index contributed by atoms with van der Waals surface area (Å²) in [5.74, 6) is 4.27. The van der Waals surface area contributed by atoms with Crippen molar-refractivity contribution in [2.75, 3.05) is 20.8 Å². The van der Waals surface area contributed by atoms with Crippen LogP contribution in [-0.4, -0.2) is 43.4 Å². The number of benzene rings is 1. The molecule has 33 heavy (non-hydrogen) atoms. The van der Waals surface area contributed by atoms with Crippen molar-refractivity contribution in [1.82, 2.24) is 4.90 Å². The fourth-order valence-corrected chi connectivity index (χ4v) is 6.68. The van der Waals surface area contributed by atoms with E-state index in [1.165, 1.54) is 19.3 Å². The van der Waals surface area contributed by atoms with Crippen LogP contribution in [0.2, 0.25) is 0 Å². The first-order valence-corrected chi connectivity index (χ1v) is 11.8. The molecule has 0 unspecified atom stereocenters. The SMILES string of the molecule is COc1ccc(C=NOCC(=O)N(Cc2ccco2)C23CC4CC(CC(C4)C2)C3)cc1OC.